The zero-order chi connectivity index (χ0) is 15.8. The minimum Gasteiger partial charge on any atom is -0.391 e. The molecule has 0 amide bonds. The Hall–Kier alpha value is -1.32. The van der Waals surface area contributed by atoms with Gasteiger partial charge >= 0.3 is 0 Å². The van der Waals surface area contributed by atoms with Crippen LogP contribution in [0.15, 0.2) is 54.2 Å². The average Bonchev–Trinajstić information content (AvgIpc) is 2.47. The van der Waals surface area contributed by atoms with E-state index in [2.05, 4.69) is 65.1 Å². The molecule has 1 aromatic carbocycles. The van der Waals surface area contributed by atoms with E-state index >= 15 is 0 Å². The number of halogens is 1. The van der Waals surface area contributed by atoms with Gasteiger partial charge in [-0.2, -0.15) is 0 Å². The second kappa shape index (κ2) is 8.85. The van der Waals surface area contributed by atoms with Gasteiger partial charge in [0.2, 0.25) is 0 Å². The van der Waals surface area contributed by atoms with E-state index in [0.717, 1.165) is 29.6 Å². The van der Waals surface area contributed by atoms with Crippen LogP contribution < -0.4 is 5.32 Å². The van der Waals surface area contributed by atoms with Gasteiger partial charge in [-0.1, -0.05) is 47.3 Å². The van der Waals surface area contributed by atoms with Crippen molar-refractivity contribution in [2.45, 2.75) is 25.4 Å². The van der Waals surface area contributed by atoms with Crippen molar-refractivity contribution in [1.29, 1.82) is 0 Å². The molecule has 2 nitrogen and oxygen atoms in total. The first-order valence-electron chi connectivity index (χ1n) is 7.12. The number of hydrogen-bond donors (Lipinski definition) is 1. The molecule has 114 valence electrons. The molecule has 0 heterocycles. The summed E-state index contributed by atoms with van der Waals surface area (Å²) in [5.74, 6) is 0. The van der Waals surface area contributed by atoms with Crippen molar-refractivity contribution in [2.24, 2.45) is 0 Å². The molecular formula is C18H25BrN2. The normalized spacial score (nSPS) is 12.0. The van der Waals surface area contributed by atoms with Crippen LogP contribution in [0.3, 0.4) is 0 Å². The maximum absolute atomic E-state index is 4.13. The molecule has 0 aliphatic carbocycles. The highest BCUT2D eigenvalue weighted by molar-refractivity contribution is 9.10. The molecule has 1 unspecified atom stereocenters. The Kier molecular flexibility index (Phi) is 7.48. The second-order valence-corrected chi connectivity index (χ2v) is 6.04. The minimum absolute atomic E-state index is 0.282. The van der Waals surface area contributed by atoms with Crippen molar-refractivity contribution >= 4 is 22.0 Å². The van der Waals surface area contributed by atoms with Gasteiger partial charge in [0, 0.05) is 29.8 Å². The van der Waals surface area contributed by atoms with Gasteiger partial charge in [0.15, 0.2) is 0 Å². The van der Waals surface area contributed by atoms with Crippen LogP contribution in [-0.2, 0) is 6.54 Å². The van der Waals surface area contributed by atoms with E-state index in [0.29, 0.717) is 0 Å². The third-order valence-electron chi connectivity index (χ3n) is 3.64. The van der Waals surface area contributed by atoms with Crippen LogP contribution in [0.1, 0.15) is 24.0 Å². The lowest BCUT2D eigenvalue weighted by atomic mass is 10.0. The van der Waals surface area contributed by atoms with Crippen molar-refractivity contribution < 1.29 is 0 Å². The van der Waals surface area contributed by atoms with E-state index in [1.165, 1.54) is 11.1 Å². The first-order chi connectivity index (χ1) is 10.0. The molecule has 1 atom stereocenters. The number of likely N-dealkylation sites (N-methyl/N-ethyl adjacent to an activating group) is 2. The Bertz CT molecular complexity index is 508. The molecule has 1 aromatic rings. The number of rotatable bonds is 9. The summed E-state index contributed by atoms with van der Waals surface area (Å²) < 4.78 is 1.09. The Morgan fingerprint density at radius 2 is 2.14 bits per heavy atom. The summed E-state index contributed by atoms with van der Waals surface area (Å²) in [6, 6.07) is 6.57. The number of hydrogen-bond acceptors (Lipinski definition) is 2. The molecule has 1 N–H and O–H groups in total. The molecule has 0 aliphatic heterocycles. The summed E-state index contributed by atoms with van der Waals surface area (Å²) in [6.07, 6.45) is 5.85. The highest BCUT2D eigenvalue weighted by Gasteiger charge is 2.17. The second-order valence-electron chi connectivity index (χ2n) is 5.12. The number of nitrogens with zero attached hydrogens (tertiary/aromatic N) is 1. The van der Waals surface area contributed by atoms with Gasteiger partial charge < -0.3 is 5.32 Å². The fourth-order valence-electron chi connectivity index (χ4n) is 2.39. The number of allylic oxidation sites excluding steroid dienone is 1. The maximum Gasteiger partial charge on any atom is 0.0492 e. The summed E-state index contributed by atoms with van der Waals surface area (Å²) in [7, 11) is 4.05. The predicted molar refractivity (Wildman–Crippen MR) is 97.1 cm³/mol. The standard InChI is InChI=1S/C18H25BrN2/c1-6-8-9-18(14(3)20-4)21(5)13-16-12-17(19)11-10-15(16)7-2/h6-7,10-12,18,20H,1-3,8-9,13H2,4-5H3. The molecule has 0 bridgehead atoms. The highest BCUT2D eigenvalue weighted by atomic mass is 79.9. The quantitative estimate of drug-likeness (QED) is 0.656. The van der Waals surface area contributed by atoms with Crippen molar-refractivity contribution in [1.82, 2.24) is 10.2 Å². The third-order valence-corrected chi connectivity index (χ3v) is 4.14. The van der Waals surface area contributed by atoms with Crippen LogP contribution >= 0.6 is 15.9 Å². The summed E-state index contributed by atoms with van der Waals surface area (Å²) in [4.78, 5) is 2.32. The van der Waals surface area contributed by atoms with Gasteiger partial charge in [0.05, 0.1) is 0 Å². The monoisotopic (exact) mass is 348 g/mol. The van der Waals surface area contributed by atoms with Crippen molar-refractivity contribution in [2.75, 3.05) is 14.1 Å². The van der Waals surface area contributed by atoms with E-state index in [4.69, 9.17) is 0 Å². The van der Waals surface area contributed by atoms with Crippen LogP contribution in [0.5, 0.6) is 0 Å². The molecular weight excluding hydrogens is 324 g/mol. The van der Waals surface area contributed by atoms with Crippen LogP contribution in [0.25, 0.3) is 6.08 Å². The first-order valence-corrected chi connectivity index (χ1v) is 7.91. The molecule has 3 heteroatoms. The molecule has 0 fully saturated rings. The average molecular weight is 349 g/mol. The largest absolute Gasteiger partial charge is 0.391 e. The Balaban J connectivity index is 2.92. The molecule has 0 radical (unpaired) electrons. The Labute approximate surface area is 137 Å². The summed E-state index contributed by atoms with van der Waals surface area (Å²) in [5, 5.41) is 3.18. The van der Waals surface area contributed by atoms with Gasteiger partial charge in [-0.25, -0.2) is 0 Å². The van der Waals surface area contributed by atoms with Gasteiger partial charge in [0.1, 0.15) is 0 Å². The van der Waals surface area contributed by atoms with Crippen LogP contribution in [0.4, 0.5) is 0 Å². The summed E-state index contributed by atoms with van der Waals surface area (Å²) in [5.41, 5.74) is 3.46. The zero-order valence-electron chi connectivity index (χ0n) is 13.0. The van der Waals surface area contributed by atoms with E-state index in [1.54, 1.807) is 0 Å². The fraction of sp³-hybridized carbons (Fsp3) is 0.333. The lowest BCUT2D eigenvalue weighted by Gasteiger charge is -2.30. The zero-order valence-corrected chi connectivity index (χ0v) is 14.6. The molecule has 1 rings (SSSR count). The first kappa shape index (κ1) is 17.7. The van der Waals surface area contributed by atoms with E-state index in [-0.39, 0.29) is 6.04 Å². The molecule has 0 spiro atoms. The minimum atomic E-state index is 0.282. The third kappa shape index (κ3) is 5.18. The molecule has 0 aliphatic rings. The van der Waals surface area contributed by atoms with Crippen molar-refractivity contribution in [3.63, 3.8) is 0 Å². The highest BCUT2D eigenvalue weighted by Crippen LogP contribution is 2.21. The van der Waals surface area contributed by atoms with Crippen molar-refractivity contribution in [3.8, 4) is 0 Å². The van der Waals surface area contributed by atoms with Crippen molar-refractivity contribution in [3.05, 3.63) is 65.3 Å². The number of benzene rings is 1. The lowest BCUT2D eigenvalue weighted by Crippen LogP contribution is -2.36. The van der Waals surface area contributed by atoms with Gasteiger partial charge in [-0.15, -0.1) is 6.58 Å². The Morgan fingerprint density at radius 3 is 2.71 bits per heavy atom. The Morgan fingerprint density at radius 1 is 1.43 bits per heavy atom. The van der Waals surface area contributed by atoms with E-state index in [1.807, 2.05) is 25.3 Å². The van der Waals surface area contributed by atoms with Gasteiger partial charge in [-0.05, 0) is 43.1 Å². The van der Waals surface area contributed by atoms with Gasteiger partial charge in [-0.3, -0.25) is 4.90 Å². The fourth-order valence-corrected chi connectivity index (χ4v) is 2.80. The van der Waals surface area contributed by atoms with Crippen LogP contribution in [-0.4, -0.2) is 25.0 Å². The lowest BCUT2D eigenvalue weighted by molar-refractivity contribution is 0.246. The van der Waals surface area contributed by atoms with E-state index in [9.17, 15) is 0 Å². The molecule has 0 aromatic heterocycles. The van der Waals surface area contributed by atoms with Crippen LogP contribution in [0, 0.1) is 0 Å². The molecule has 21 heavy (non-hydrogen) atoms. The van der Waals surface area contributed by atoms with Gasteiger partial charge in [0.25, 0.3) is 0 Å². The SMILES string of the molecule is C=CCCC(C(=C)NC)N(C)Cc1cc(Br)ccc1C=C. The van der Waals surface area contributed by atoms with Crippen LogP contribution in [0.2, 0.25) is 0 Å². The molecule has 0 saturated heterocycles. The topological polar surface area (TPSA) is 15.3 Å². The maximum atomic E-state index is 4.13. The predicted octanol–water partition coefficient (Wildman–Crippen LogP) is 4.59. The summed E-state index contributed by atoms with van der Waals surface area (Å²) >= 11 is 3.54. The molecule has 0 saturated carbocycles. The summed E-state index contributed by atoms with van der Waals surface area (Å²) in [6.45, 7) is 12.7. The number of nitrogens with one attached hydrogen (secondary N) is 1. The van der Waals surface area contributed by atoms with E-state index < -0.39 is 0 Å². The smallest absolute Gasteiger partial charge is 0.0492 e.